The third-order valence-corrected chi connectivity index (χ3v) is 4.07. The van der Waals surface area contributed by atoms with Crippen LogP contribution < -0.4 is 5.32 Å². The summed E-state index contributed by atoms with van der Waals surface area (Å²) in [6.07, 6.45) is 15.1. The van der Waals surface area contributed by atoms with Gasteiger partial charge in [0.2, 0.25) is 0 Å². The molecule has 106 valence electrons. The van der Waals surface area contributed by atoms with Gasteiger partial charge in [-0.25, -0.2) is 0 Å². The Morgan fingerprint density at radius 1 is 1.15 bits per heavy atom. The van der Waals surface area contributed by atoms with E-state index in [9.17, 15) is 0 Å². The Hall–Kier alpha value is -1.77. The van der Waals surface area contributed by atoms with Crippen LogP contribution in [0.3, 0.4) is 0 Å². The van der Waals surface area contributed by atoms with E-state index in [4.69, 9.17) is 9.73 Å². The molecule has 3 nitrogen and oxygen atoms in total. The van der Waals surface area contributed by atoms with Crippen molar-refractivity contribution in [3.63, 3.8) is 0 Å². The van der Waals surface area contributed by atoms with Crippen LogP contribution in [0.15, 0.2) is 52.0 Å². The molecule has 0 aromatic carbocycles. The SMILES string of the molecule is CNC1=CC=C(OCC2=NC3=C(C=CCC3)CC2)CC1. The van der Waals surface area contributed by atoms with Crippen LogP contribution in [-0.4, -0.2) is 19.4 Å². The summed E-state index contributed by atoms with van der Waals surface area (Å²) < 4.78 is 5.91. The minimum absolute atomic E-state index is 0.648. The van der Waals surface area contributed by atoms with Gasteiger partial charge in [-0.1, -0.05) is 12.2 Å². The van der Waals surface area contributed by atoms with Gasteiger partial charge in [-0.15, -0.1) is 0 Å². The maximum atomic E-state index is 5.91. The molecule has 0 saturated carbocycles. The predicted molar refractivity (Wildman–Crippen MR) is 82.5 cm³/mol. The van der Waals surface area contributed by atoms with Crippen LogP contribution in [0.4, 0.5) is 0 Å². The van der Waals surface area contributed by atoms with Crippen LogP contribution in [0.25, 0.3) is 0 Å². The molecule has 0 amide bonds. The largest absolute Gasteiger partial charge is 0.492 e. The maximum Gasteiger partial charge on any atom is 0.126 e. The van der Waals surface area contributed by atoms with Gasteiger partial charge in [-0.05, 0) is 49.8 Å². The lowest BCUT2D eigenvalue weighted by atomic mass is 9.95. The molecule has 0 fully saturated rings. The van der Waals surface area contributed by atoms with E-state index in [1.54, 1.807) is 0 Å². The Morgan fingerprint density at radius 3 is 2.90 bits per heavy atom. The first-order valence-electron chi connectivity index (χ1n) is 7.50. The van der Waals surface area contributed by atoms with Crippen LogP contribution >= 0.6 is 0 Å². The van der Waals surface area contributed by atoms with Gasteiger partial charge in [0.1, 0.15) is 6.61 Å². The summed E-state index contributed by atoms with van der Waals surface area (Å²) in [7, 11) is 1.96. The molecule has 0 radical (unpaired) electrons. The molecule has 0 spiro atoms. The number of hydrogen-bond donors (Lipinski definition) is 1. The Bertz CT molecular complexity index is 535. The first kappa shape index (κ1) is 13.2. The van der Waals surface area contributed by atoms with Crippen molar-refractivity contribution < 1.29 is 4.74 Å². The molecule has 1 N–H and O–H groups in total. The lowest BCUT2D eigenvalue weighted by Crippen LogP contribution is -2.15. The number of ether oxygens (including phenoxy) is 1. The Labute approximate surface area is 120 Å². The molecular formula is C17H22N2O. The van der Waals surface area contributed by atoms with Crippen LogP contribution in [0.2, 0.25) is 0 Å². The third-order valence-electron chi connectivity index (χ3n) is 4.07. The summed E-state index contributed by atoms with van der Waals surface area (Å²) in [6.45, 7) is 0.648. The molecule has 2 aliphatic carbocycles. The van der Waals surface area contributed by atoms with Crippen LogP contribution in [0.5, 0.6) is 0 Å². The smallest absolute Gasteiger partial charge is 0.126 e. The molecule has 20 heavy (non-hydrogen) atoms. The Balaban J connectivity index is 1.58. The topological polar surface area (TPSA) is 33.6 Å². The molecule has 0 bridgehead atoms. The van der Waals surface area contributed by atoms with Gasteiger partial charge in [0.05, 0.1) is 11.5 Å². The third kappa shape index (κ3) is 3.03. The van der Waals surface area contributed by atoms with Crippen LogP contribution in [-0.2, 0) is 4.74 Å². The summed E-state index contributed by atoms with van der Waals surface area (Å²) in [5.41, 5.74) is 5.19. The molecule has 0 aromatic rings. The fourth-order valence-electron chi connectivity index (χ4n) is 2.81. The first-order valence-corrected chi connectivity index (χ1v) is 7.50. The Morgan fingerprint density at radius 2 is 2.10 bits per heavy atom. The summed E-state index contributed by atoms with van der Waals surface area (Å²) in [5.74, 6) is 1.08. The van der Waals surface area contributed by atoms with E-state index in [-0.39, 0.29) is 0 Å². The molecular weight excluding hydrogens is 248 g/mol. The molecule has 0 unspecified atom stereocenters. The molecule has 3 aliphatic rings. The minimum Gasteiger partial charge on any atom is -0.492 e. The zero-order valence-corrected chi connectivity index (χ0v) is 12.1. The normalized spacial score (nSPS) is 21.8. The second kappa shape index (κ2) is 6.12. The van der Waals surface area contributed by atoms with Gasteiger partial charge < -0.3 is 10.1 Å². The molecule has 1 heterocycles. The van der Waals surface area contributed by atoms with Crippen molar-refractivity contribution in [3.8, 4) is 0 Å². The molecule has 3 rings (SSSR count). The van der Waals surface area contributed by atoms with Crippen molar-refractivity contribution in [2.75, 3.05) is 13.7 Å². The lowest BCUT2D eigenvalue weighted by Gasteiger charge is -2.21. The second-order valence-corrected chi connectivity index (χ2v) is 5.45. The van der Waals surface area contributed by atoms with Crippen LogP contribution in [0.1, 0.15) is 38.5 Å². The van der Waals surface area contributed by atoms with Gasteiger partial charge in [0, 0.05) is 24.9 Å². The number of nitrogens with zero attached hydrogens (tertiary/aromatic N) is 1. The van der Waals surface area contributed by atoms with E-state index >= 15 is 0 Å². The Kier molecular flexibility index (Phi) is 4.05. The number of rotatable bonds is 4. The average Bonchev–Trinajstić information content (AvgIpc) is 2.53. The van der Waals surface area contributed by atoms with Gasteiger partial charge in [-0.2, -0.15) is 0 Å². The monoisotopic (exact) mass is 270 g/mol. The number of hydrogen-bond acceptors (Lipinski definition) is 3. The van der Waals surface area contributed by atoms with E-state index in [2.05, 4.69) is 29.6 Å². The quantitative estimate of drug-likeness (QED) is 0.846. The summed E-state index contributed by atoms with van der Waals surface area (Å²) >= 11 is 0. The van der Waals surface area contributed by atoms with Crippen molar-refractivity contribution in [1.82, 2.24) is 5.32 Å². The van der Waals surface area contributed by atoms with Crippen molar-refractivity contribution in [2.45, 2.75) is 38.5 Å². The van der Waals surface area contributed by atoms with E-state index in [0.717, 1.165) is 44.3 Å². The predicted octanol–water partition coefficient (Wildman–Crippen LogP) is 3.62. The van der Waals surface area contributed by atoms with Crippen LogP contribution in [0, 0.1) is 0 Å². The summed E-state index contributed by atoms with van der Waals surface area (Å²) in [6, 6.07) is 0. The molecule has 0 atom stereocenters. The van der Waals surface area contributed by atoms with Crippen molar-refractivity contribution in [3.05, 3.63) is 47.0 Å². The highest BCUT2D eigenvalue weighted by Gasteiger charge is 2.16. The van der Waals surface area contributed by atoms with Gasteiger partial charge in [-0.3, -0.25) is 4.99 Å². The van der Waals surface area contributed by atoms with Crippen molar-refractivity contribution >= 4 is 5.71 Å². The maximum absolute atomic E-state index is 5.91. The highest BCUT2D eigenvalue weighted by Crippen LogP contribution is 2.28. The molecule has 3 heteroatoms. The first-order chi connectivity index (χ1) is 9.85. The number of aliphatic imine (C=N–C) groups is 1. The van der Waals surface area contributed by atoms with Gasteiger partial charge >= 0.3 is 0 Å². The van der Waals surface area contributed by atoms with E-state index in [1.165, 1.54) is 22.7 Å². The fraction of sp³-hybridized carbons (Fsp3) is 0.471. The molecule has 0 aromatic heterocycles. The number of nitrogens with one attached hydrogen (secondary N) is 1. The molecule has 1 aliphatic heterocycles. The summed E-state index contributed by atoms with van der Waals surface area (Å²) in [4.78, 5) is 4.78. The van der Waals surface area contributed by atoms with Gasteiger partial charge in [0.25, 0.3) is 0 Å². The summed E-state index contributed by atoms with van der Waals surface area (Å²) in [5, 5.41) is 3.19. The second-order valence-electron chi connectivity index (χ2n) is 5.45. The van der Waals surface area contributed by atoms with E-state index in [0.29, 0.717) is 6.61 Å². The standard InChI is InChI=1S/C17H22N2O/c1-18-14-8-10-16(11-9-14)20-12-15-7-6-13-4-2-3-5-17(13)19-15/h2,4,8,10,18H,3,5-7,9,11-12H2,1H3. The van der Waals surface area contributed by atoms with E-state index < -0.39 is 0 Å². The zero-order chi connectivity index (χ0) is 13.8. The average molecular weight is 270 g/mol. The van der Waals surface area contributed by atoms with Gasteiger partial charge in [0.15, 0.2) is 0 Å². The minimum atomic E-state index is 0.648. The fourth-order valence-corrected chi connectivity index (χ4v) is 2.81. The highest BCUT2D eigenvalue weighted by atomic mass is 16.5. The van der Waals surface area contributed by atoms with E-state index in [1.807, 2.05) is 7.05 Å². The highest BCUT2D eigenvalue weighted by molar-refractivity contribution is 5.88. The molecule has 0 saturated heterocycles. The van der Waals surface area contributed by atoms with Crippen molar-refractivity contribution in [2.24, 2.45) is 4.99 Å². The number of allylic oxidation sites excluding steroid dienone is 8. The lowest BCUT2D eigenvalue weighted by molar-refractivity contribution is 0.243. The van der Waals surface area contributed by atoms with Crippen molar-refractivity contribution in [1.29, 1.82) is 0 Å². The zero-order valence-electron chi connectivity index (χ0n) is 12.1.